The molecule has 2 heteroatoms. The lowest BCUT2D eigenvalue weighted by Crippen LogP contribution is -1.91. The lowest BCUT2D eigenvalue weighted by Gasteiger charge is -2.11. The van der Waals surface area contributed by atoms with Gasteiger partial charge in [0.1, 0.15) is 0 Å². The molecule has 1 heterocycles. The number of nitrogens with two attached hydrogens (primary N) is 1. The fourth-order valence-electron chi connectivity index (χ4n) is 2.12. The van der Waals surface area contributed by atoms with Crippen molar-refractivity contribution in [2.45, 2.75) is 33.2 Å². The summed E-state index contributed by atoms with van der Waals surface area (Å²) in [5, 5.41) is 0. The second-order valence-corrected chi connectivity index (χ2v) is 5.81. The molecule has 0 saturated carbocycles. The Morgan fingerprint density at radius 2 is 1.94 bits per heavy atom. The highest BCUT2D eigenvalue weighted by atomic mass is 32.1. The first kappa shape index (κ1) is 12.3. The molecule has 1 aromatic carbocycles. The summed E-state index contributed by atoms with van der Waals surface area (Å²) in [5.74, 6) is 0.550. The van der Waals surface area contributed by atoms with Crippen LogP contribution in [0.4, 0.5) is 0 Å². The third kappa shape index (κ3) is 2.43. The van der Waals surface area contributed by atoms with Crippen LogP contribution in [-0.4, -0.2) is 0 Å². The maximum Gasteiger partial charge on any atom is 0.0378 e. The average molecular weight is 245 g/mol. The van der Waals surface area contributed by atoms with Gasteiger partial charge in [0.2, 0.25) is 0 Å². The molecule has 0 radical (unpaired) electrons. The Kier molecular flexibility index (Phi) is 3.65. The van der Waals surface area contributed by atoms with Crippen molar-refractivity contribution < 1.29 is 0 Å². The minimum Gasteiger partial charge on any atom is -0.326 e. The van der Waals surface area contributed by atoms with E-state index in [1.165, 1.54) is 26.4 Å². The SMILES string of the molecule is Cc1cc(CN)sc1-c1ccccc1C(C)C. The zero-order chi connectivity index (χ0) is 12.4. The number of hydrogen-bond acceptors (Lipinski definition) is 2. The fourth-order valence-corrected chi connectivity index (χ4v) is 3.22. The van der Waals surface area contributed by atoms with Crippen molar-refractivity contribution in [2.24, 2.45) is 5.73 Å². The Morgan fingerprint density at radius 3 is 2.53 bits per heavy atom. The molecule has 0 spiro atoms. The molecule has 17 heavy (non-hydrogen) atoms. The highest BCUT2D eigenvalue weighted by Gasteiger charge is 2.12. The summed E-state index contributed by atoms with van der Waals surface area (Å²) in [6, 6.07) is 10.9. The van der Waals surface area contributed by atoms with Crippen LogP contribution < -0.4 is 5.73 Å². The van der Waals surface area contributed by atoms with Gasteiger partial charge in [-0.05, 0) is 35.6 Å². The lowest BCUT2D eigenvalue weighted by atomic mass is 9.95. The Balaban J connectivity index is 2.55. The van der Waals surface area contributed by atoms with E-state index in [2.05, 4.69) is 51.1 Å². The van der Waals surface area contributed by atoms with Crippen molar-refractivity contribution in [2.75, 3.05) is 0 Å². The summed E-state index contributed by atoms with van der Waals surface area (Å²) < 4.78 is 0. The van der Waals surface area contributed by atoms with Gasteiger partial charge in [-0.1, -0.05) is 38.1 Å². The monoisotopic (exact) mass is 245 g/mol. The van der Waals surface area contributed by atoms with Crippen LogP contribution in [-0.2, 0) is 6.54 Å². The summed E-state index contributed by atoms with van der Waals surface area (Å²) in [5.41, 5.74) is 9.84. The van der Waals surface area contributed by atoms with Gasteiger partial charge in [0.15, 0.2) is 0 Å². The maximum atomic E-state index is 5.72. The van der Waals surface area contributed by atoms with Crippen LogP contribution >= 0.6 is 11.3 Å². The Bertz CT molecular complexity index is 511. The smallest absolute Gasteiger partial charge is 0.0378 e. The van der Waals surface area contributed by atoms with E-state index in [1.807, 2.05) is 11.3 Å². The Labute approximate surface area is 107 Å². The molecule has 2 N–H and O–H groups in total. The predicted molar refractivity (Wildman–Crippen MR) is 76.5 cm³/mol. The van der Waals surface area contributed by atoms with Crippen molar-refractivity contribution >= 4 is 11.3 Å². The summed E-state index contributed by atoms with van der Waals surface area (Å²) in [4.78, 5) is 2.63. The molecule has 0 saturated heterocycles. The van der Waals surface area contributed by atoms with Gasteiger partial charge in [-0.2, -0.15) is 0 Å². The molecule has 0 fully saturated rings. The number of hydrogen-bond donors (Lipinski definition) is 1. The molecule has 0 bridgehead atoms. The van der Waals surface area contributed by atoms with E-state index < -0.39 is 0 Å². The van der Waals surface area contributed by atoms with Gasteiger partial charge in [-0.25, -0.2) is 0 Å². The van der Waals surface area contributed by atoms with Crippen LogP contribution in [0.1, 0.15) is 35.8 Å². The lowest BCUT2D eigenvalue weighted by molar-refractivity contribution is 0.869. The second-order valence-electron chi connectivity index (χ2n) is 4.67. The predicted octanol–water partition coefficient (Wildman–Crippen LogP) is 4.31. The molecule has 0 atom stereocenters. The maximum absolute atomic E-state index is 5.72. The van der Waals surface area contributed by atoms with Gasteiger partial charge >= 0.3 is 0 Å². The van der Waals surface area contributed by atoms with Crippen LogP contribution in [0, 0.1) is 6.92 Å². The van der Waals surface area contributed by atoms with Crippen molar-refractivity contribution in [3.8, 4) is 10.4 Å². The summed E-state index contributed by atoms with van der Waals surface area (Å²) in [7, 11) is 0. The third-order valence-electron chi connectivity index (χ3n) is 3.00. The van der Waals surface area contributed by atoms with Crippen molar-refractivity contribution in [3.05, 3.63) is 46.3 Å². The van der Waals surface area contributed by atoms with Gasteiger partial charge in [0.25, 0.3) is 0 Å². The molecule has 1 nitrogen and oxygen atoms in total. The van der Waals surface area contributed by atoms with E-state index in [1.54, 1.807) is 0 Å². The van der Waals surface area contributed by atoms with E-state index >= 15 is 0 Å². The first-order valence-electron chi connectivity index (χ1n) is 6.02. The van der Waals surface area contributed by atoms with Crippen molar-refractivity contribution in [3.63, 3.8) is 0 Å². The van der Waals surface area contributed by atoms with E-state index in [0.717, 1.165) is 0 Å². The van der Waals surface area contributed by atoms with E-state index in [0.29, 0.717) is 12.5 Å². The van der Waals surface area contributed by atoms with Crippen molar-refractivity contribution in [1.29, 1.82) is 0 Å². The van der Waals surface area contributed by atoms with Gasteiger partial charge in [0, 0.05) is 16.3 Å². The van der Waals surface area contributed by atoms with Gasteiger partial charge in [0.05, 0.1) is 0 Å². The first-order valence-corrected chi connectivity index (χ1v) is 6.83. The zero-order valence-electron chi connectivity index (χ0n) is 10.7. The molecular weight excluding hydrogens is 226 g/mol. The van der Waals surface area contributed by atoms with E-state index in [-0.39, 0.29) is 0 Å². The highest BCUT2D eigenvalue weighted by Crippen LogP contribution is 2.36. The molecule has 1 aromatic heterocycles. The normalized spacial score (nSPS) is 11.1. The van der Waals surface area contributed by atoms with Crippen LogP contribution in [0.15, 0.2) is 30.3 Å². The summed E-state index contributed by atoms with van der Waals surface area (Å²) in [6.07, 6.45) is 0. The molecule has 2 aromatic rings. The van der Waals surface area contributed by atoms with Crippen LogP contribution in [0.25, 0.3) is 10.4 Å². The molecule has 0 aliphatic carbocycles. The summed E-state index contributed by atoms with van der Waals surface area (Å²) in [6.45, 7) is 7.29. The van der Waals surface area contributed by atoms with Gasteiger partial charge in [-0.15, -0.1) is 11.3 Å². The Hall–Kier alpha value is -1.12. The minimum absolute atomic E-state index is 0.550. The fraction of sp³-hybridized carbons (Fsp3) is 0.333. The Morgan fingerprint density at radius 1 is 1.24 bits per heavy atom. The number of rotatable bonds is 3. The second kappa shape index (κ2) is 5.03. The van der Waals surface area contributed by atoms with Crippen LogP contribution in [0.5, 0.6) is 0 Å². The zero-order valence-corrected chi connectivity index (χ0v) is 11.5. The molecule has 0 amide bonds. The molecule has 2 rings (SSSR count). The van der Waals surface area contributed by atoms with Crippen LogP contribution in [0.3, 0.4) is 0 Å². The topological polar surface area (TPSA) is 26.0 Å². The average Bonchev–Trinajstić information content (AvgIpc) is 2.70. The van der Waals surface area contributed by atoms with Crippen molar-refractivity contribution in [1.82, 2.24) is 0 Å². The van der Waals surface area contributed by atoms with Gasteiger partial charge < -0.3 is 5.73 Å². The summed E-state index contributed by atoms with van der Waals surface area (Å²) >= 11 is 1.82. The highest BCUT2D eigenvalue weighted by molar-refractivity contribution is 7.15. The van der Waals surface area contributed by atoms with E-state index in [9.17, 15) is 0 Å². The van der Waals surface area contributed by atoms with Crippen LogP contribution in [0.2, 0.25) is 0 Å². The number of thiophene rings is 1. The number of benzene rings is 1. The largest absolute Gasteiger partial charge is 0.326 e. The quantitative estimate of drug-likeness (QED) is 0.857. The first-order chi connectivity index (χ1) is 8.13. The molecule has 0 unspecified atom stereocenters. The molecule has 0 aliphatic heterocycles. The standard InChI is InChI=1S/C15H19NS/c1-10(2)13-6-4-5-7-14(13)15-11(3)8-12(9-16)17-15/h4-8,10H,9,16H2,1-3H3. The number of aryl methyl sites for hydroxylation is 1. The minimum atomic E-state index is 0.550. The van der Waals surface area contributed by atoms with Gasteiger partial charge in [-0.3, -0.25) is 0 Å². The van der Waals surface area contributed by atoms with E-state index in [4.69, 9.17) is 5.73 Å². The molecule has 0 aliphatic rings. The third-order valence-corrected chi connectivity index (χ3v) is 4.29. The molecular formula is C15H19NS. The molecule has 90 valence electrons.